The zero-order chi connectivity index (χ0) is 25.4. The molecule has 0 saturated carbocycles. The summed E-state index contributed by atoms with van der Waals surface area (Å²) in [5.74, 6) is -0.571. The molecule has 8 heteroatoms. The minimum atomic E-state index is -0.873. The van der Waals surface area contributed by atoms with Gasteiger partial charge in [-0.2, -0.15) is 5.10 Å². The number of hydrogen-bond acceptors (Lipinski definition) is 5. The normalized spacial score (nSPS) is 10.8. The highest BCUT2D eigenvalue weighted by atomic mass is 79.9. The number of nitrogens with zero attached hydrogens (tertiary/aromatic N) is 1. The van der Waals surface area contributed by atoms with E-state index in [-0.39, 0.29) is 0 Å². The first-order valence-corrected chi connectivity index (χ1v) is 11.9. The molecule has 0 unspecified atom stereocenters. The van der Waals surface area contributed by atoms with Gasteiger partial charge in [0.25, 0.3) is 0 Å². The first kappa shape index (κ1) is 26.0. The van der Waals surface area contributed by atoms with Crippen LogP contribution in [0.2, 0.25) is 0 Å². The van der Waals surface area contributed by atoms with Crippen molar-refractivity contribution in [2.75, 3.05) is 11.9 Å². The minimum absolute atomic E-state index is 0.387. The molecule has 0 heterocycles. The average Bonchev–Trinajstić information content (AvgIpc) is 2.82. The van der Waals surface area contributed by atoms with Crippen molar-refractivity contribution < 1.29 is 19.1 Å². The Kier molecular flexibility index (Phi) is 9.03. The van der Waals surface area contributed by atoms with Gasteiger partial charge in [-0.05, 0) is 90.1 Å². The number of halogens is 1. The Hall–Kier alpha value is -3.65. The van der Waals surface area contributed by atoms with Gasteiger partial charge in [-0.15, -0.1) is 0 Å². The van der Waals surface area contributed by atoms with Crippen molar-refractivity contribution in [1.82, 2.24) is 5.43 Å². The molecule has 0 bridgehead atoms. The molecule has 2 amide bonds. The highest BCUT2D eigenvalue weighted by Crippen LogP contribution is 2.37. The van der Waals surface area contributed by atoms with Gasteiger partial charge < -0.3 is 14.8 Å². The molecule has 0 atom stereocenters. The van der Waals surface area contributed by atoms with E-state index in [1.807, 2.05) is 58.0 Å². The summed E-state index contributed by atoms with van der Waals surface area (Å²) in [5.41, 5.74) is 7.78. The van der Waals surface area contributed by atoms with E-state index in [4.69, 9.17) is 9.47 Å². The number of carbonyl (C=O) groups is 2. The largest absolute Gasteiger partial charge is 0.490 e. The second-order valence-electron chi connectivity index (χ2n) is 7.99. The Morgan fingerprint density at radius 3 is 2.37 bits per heavy atom. The zero-order valence-corrected chi connectivity index (χ0v) is 21.7. The fraction of sp³-hybridized carbons (Fsp3) is 0.222. The molecule has 0 spiro atoms. The van der Waals surface area contributed by atoms with Crippen molar-refractivity contribution in [3.05, 3.63) is 86.9 Å². The highest BCUT2D eigenvalue weighted by molar-refractivity contribution is 9.10. The van der Waals surface area contributed by atoms with E-state index >= 15 is 0 Å². The van der Waals surface area contributed by atoms with Crippen LogP contribution in [-0.2, 0) is 16.2 Å². The van der Waals surface area contributed by atoms with E-state index in [1.54, 1.807) is 24.3 Å². The van der Waals surface area contributed by atoms with Crippen molar-refractivity contribution in [3.63, 3.8) is 0 Å². The van der Waals surface area contributed by atoms with Gasteiger partial charge in [-0.3, -0.25) is 9.59 Å². The standard InChI is InChI=1S/C27H28BrN3O4/c1-5-34-24-14-21(13-23(28)25(24)35-16-20-9-6-17(2)7-10-20)15-29-31-27(33)26(32)30-22-11-8-18(3)19(4)12-22/h6-15H,5,16H2,1-4H3,(H,30,32)(H,31,33)/b29-15+. The van der Waals surface area contributed by atoms with Crippen LogP contribution in [0.1, 0.15) is 34.7 Å². The number of aryl methyl sites for hydroxylation is 3. The smallest absolute Gasteiger partial charge is 0.329 e. The van der Waals surface area contributed by atoms with Crippen LogP contribution in [-0.4, -0.2) is 24.6 Å². The molecular formula is C27H28BrN3O4. The quantitative estimate of drug-likeness (QED) is 0.227. The molecule has 0 radical (unpaired) electrons. The first-order chi connectivity index (χ1) is 16.8. The van der Waals surface area contributed by atoms with Crippen LogP contribution in [0, 0.1) is 20.8 Å². The van der Waals surface area contributed by atoms with E-state index in [0.29, 0.717) is 40.4 Å². The van der Waals surface area contributed by atoms with Gasteiger partial charge in [0.2, 0.25) is 0 Å². The molecule has 0 aliphatic rings. The van der Waals surface area contributed by atoms with Crippen molar-refractivity contribution >= 4 is 39.6 Å². The summed E-state index contributed by atoms with van der Waals surface area (Å²) in [6, 6.07) is 17.1. The Morgan fingerprint density at radius 1 is 0.943 bits per heavy atom. The molecule has 0 saturated heterocycles. The van der Waals surface area contributed by atoms with Crippen LogP contribution in [0.25, 0.3) is 0 Å². The van der Waals surface area contributed by atoms with Crippen LogP contribution < -0.4 is 20.2 Å². The molecule has 35 heavy (non-hydrogen) atoms. The molecule has 7 nitrogen and oxygen atoms in total. The van der Waals surface area contributed by atoms with Gasteiger partial charge in [0.1, 0.15) is 6.61 Å². The lowest BCUT2D eigenvalue weighted by Crippen LogP contribution is -2.32. The number of hydrogen-bond donors (Lipinski definition) is 2. The van der Waals surface area contributed by atoms with Crippen molar-refractivity contribution in [2.24, 2.45) is 5.10 Å². The third kappa shape index (κ3) is 7.42. The number of rotatable bonds is 8. The summed E-state index contributed by atoms with van der Waals surface area (Å²) in [7, 11) is 0. The summed E-state index contributed by atoms with van der Waals surface area (Å²) in [4.78, 5) is 24.3. The van der Waals surface area contributed by atoms with Crippen molar-refractivity contribution in [2.45, 2.75) is 34.3 Å². The van der Waals surface area contributed by atoms with Gasteiger partial charge in [0.05, 0.1) is 17.3 Å². The molecule has 3 aromatic carbocycles. The lowest BCUT2D eigenvalue weighted by molar-refractivity contribution is -0.136. The summed E-state index contributed by atoms with van der Waals surface area (Å²) in [5, 5.41) is 6.47. The minimum Gasteiger partial charge on any atom is -0.490 e. The van der Waals surface area contributed by atoms with Gasteiger partial charge in [0, 0.05) is 5.69 Å². The third-order valence-electron chi connectivity index (χ3n) is 5.19. The number of benzene rings is 3. The Labute approximate surface area is 213 Å². The predicted molar refractivity (Wildman–Crippen MR) is 141 cm³/mol. The Bertz CT molecular complexity index is 1240. The van der Waals surface area contributed by atoms with Gasteiger partial charge in [-0.25, -0.2) is 5.43 Å². The molecule has 182 valence electrons. The Balaban J connectivity index is 1.64. The molecule has 3 rings (SSSR count). The summed E-state index contributed by atoms with van der Waals surface area (Å²) in [6.07, 6.45) is 1.43. The van der Waals surface area contributed by atoms with Gasteiger partial charge in [-0.1, -0.05) is 35.9 Å². The number of nitrogens with one attached hydrogen (secondary N) is 2. The van der Waals surface area contributed by atoms with Gasteiger partial charge in [0.15, 0.2) is 11.5 Å². The second-order valence-corrected chi connectivity index (χ2v) is 8.84. The van der Waals surface area contributed by atoms with Crippen LogP contribution >= 0.6 is 15.9 Å². The summed E-state index contributed by atoms with van der Waals surface area (Å²) >= 11 is 3.53. The first-order valence-electron chi connectivity index (χ1n) is 11.1. The fourth-order valence-electron chi connectivity index (χ4n) is 3.13. The third-order valence-corrected chi connectivity index (χ3v) is 5.78. The van der Waals surface area contributed by atoms with E-state index < -0.39 is 11.8 Å². The lowest BCUT2D eigenvalue weighted by Gasteiger charge is -2.15. The SMILES string of the molecule is CCOc1cc(/C=N/NC(=O)C(=O)Nc2ccc(C)c(C)c2)cc(Br)c1OCc1ccc(C)cc1. The molecule has 2 N–H and O–H groups in total. The van der Waals surface area contributed by atoms with Crippen LogP contribution in [0.15, 0.2) is 64.2 Å². The maximum absolute atomic E-state index is 12.2. The second kappa shape index (κ2) is 12.2. The zero-order valence-electron chi connectivity index (χ0n) is 20.1. The molecular weight excluding hydrogens is 510 g/mol. The fourth-order valence-corrected chi connectivity index (χ4v) is 3.70. The Morgan fingerprint density at radius 2 is 1.69 bits per heavy atom. The topological polar surface area (TPSA) is 89.0 Å². The molecule has 0 aliphatic carbocycles. The van der Waals surface area contributed by atoms with E-state index in [1.165, 1.54) is 11.8 Å². The molecule has 3 aromatic rings. The summed E-state index contributed by atoms with van der Waals surface area (Å²) in [6.45, 7) is 8.66. The monoisotopic (exact) mass is 537 g/mol. The lowest BCUT2D eigenvalue weighted by atomic mass is 10.1. The predicted octanol–water partition coefficient (Wildman–Crippen LogP) is 5.44. The maximum atomic E-state index is 12.2. The molecule has 0 aliphatic heterocycles. The van der Waals surface area contributed by atoms with Crippen LogP contribution in [0.5, 0.6) is 11.5 Å². The number of anilines is 1. The number of ether oxygens (including phenoxy) is 2. The average molecular weight is 538 g/mol. The van der Waals surface area contributed by atoms with E-state index in [0.717, 1.165) is 16.7 Å². The molecule has 0 aromatic heterocycles. The van der Waals surface area contributed by atoms with Crippen molar-refractivity contribution in [1.29, 1.82) is 0 Å². The number of hydrazone groups is 1. The number of amides is 2. The summed E-state index contributed by atoms with van der Waals surface area (Å²) < 4.78 is 12.4. The maximum Gasteiger partial charge on any atom is 0.329 e. The molecule has 0 fully saturated rings. The van der Waals surface area contributed by atoms with E-state index in [9.17, 15) is 9.59 Å². The highest BCUT2D eigenvalue weighted by Gasteiger charge is 2.14. The van der Waals surface area contributed by atoms with Gasteiger partial charge >= 0.3 is 11.8 Å². The van der Waals surface area contributed by atoms with Crippen molar-refractivity contribution in [3.8, 4) is 11.5 Å². The van der Waals surface area contributed by atoms with E-state index in [2.05, 4.69) is 31.8 Å². The number of carbonyl (C=O) groups excluding carboxylic acids is 2. The van der Waals surface area contributed by atoms with Crippen LogP contribution in [0.3, 0.4) is 0 Å². The van der Waals surface area contributed by atoms with Crippen LogP contribution in [0.4, 0.5) is 5.69 Å².